The number of aliphatic hydroxyl groups is 1. The molecule has 0 spiro atoms. The van der Waals surface area contributed by atoms with Crippen molar-refractivity contribution < 1.29 is 34.0 Å². The van der Waals surface area contributed by atoms with E-state index in [1.54, 1.807) is 32.4 Å². The molecule has 4 rings (SSSR count). The molecular weight excluding hydrogens is 470 g/mol. The molecule has 1 aliphatic rings. The molecule has 2 unspecified atom stereocenters. The van der Waals surface area contributed by atoms with Gasteiger partial charge >= 0.3 is 5.97 Å². The highest BCUT2D eigenvalue weighted by atomic mass is 32.1. The number of carbonyl (C=O) groups is 1. The lowest BCUT2D eigenvalue weighted by Crippen LogP contribution is -2.29. The van der Waals surface area contributed by atoms with Crippen molar-refractivity contribution in [3.05, 3.63) is 46.5 Å². The van der Waals surface area contributed by atoms with Crippen LogP contribution in [0.4, 0.5) is 0 Å². The van der Waals surface area contributed by atoms with Gasteiger partial charge in [-0.05, 0) is 49.6 Å². The molecule has 3 aromatic rings. The molecule has 1 aromatic heterocycles. The third kappa shape index (κ3) is 5.86. The third-order valence-corrected chi connectivity index (χ3v) is 7.19. The van der Waals surface area contributed by atoms with Gasteiger partial charge in [0.15, 0.2) is 0 Å². The first-order valence-corrected chi connectivity index (χ1v) is 12.6. The molecule has 0 amide bonds. The van der Waals surface area contributed by atoms with Crippen molar-refractivity contribution in [2.24, 2.45) is 0 Å². The largest absolute Gasteiger partial charge is 0.497 e. The summed E-state index contributed by atoms with van der Waals surface area (Å²) in [4.78, 5) is 16.5. The van der Waals surface area contributed by atoms with Gasteiger partial charge in [-0.3, -0.25) is 0 Å². The second kappa shape index (κ2) is 11.2. The van der Waals surface area contributed by atoms with Crippen molar-refractivity contribution in [2.75, 3.05) is 20.8 Å². The molecule has 0 saturated heterocycles. The fourth-order valence-electron chi connectivity index (χ4n) is 4.44. The molecule has 8 nitrogen and oxygen atoms in total. The molecule has 0 aliphatic heterocycles. The number of hydrogen-bond acceptors (Lipinski definition) is 8. The normalized spacial score (nSPS) is 15.8. The maximum Gasteiger partial charge on any atom is 0.338 e. The molecule has 1 heterocycles. The summed E-state index contributed by atoms with van der Waals surface area (Å²) in [6.07, 6.45) is 2.97. The number of thiazole rings is 1. The molecular formula is C26H31NO7S. The quantitative estimate of drug-likeness (QED) is 0.377. The van der Waals surface area contributed by atoms with Gasteiger partial charge in [-0.15, -0.1) is 11.3 Å². The number of methoxy groups -OCH3 is 2. The first-order valence-electron chi connectivity index (χ1n) is 11.8. The third-order valence-electron chi connectivity index (χ3n) is 6.17. The maximum absolute atomic E-state index is 11.9. The van der Waals surface area contributed by atoms with E-state index in [2.05, 4.69) is 4.98 Å². The van der Waals surface area contributed by atoms with Crippen LogP contribution in [0.3, 0.4) is 0 Å². The number of aromatic carboxylic acids is 1. The van der Waals surface area contributed by atoms with Gasteiger partial charge in [0.1, 0.15) is 23.4 Å². The van der Waals surface area contributed by atoms with Crippen LogP contribution in [0.5, 0.6) is 17.2 Å². The summed E-state index contributed by atoms with van der Waals surface area (Å²) in [7, 11) is 3.13. The van der Waals surface area contributed by atoms with Crippen molar-refractivity contribution in [1.29, 1.82) is 0 Å². The smallest absolute Gasteiger partial charge is 0.338 e. The highest BCUT2D eigenvalue weighted by Gasteiger charge is 2.29. The Labute approximate surface area is 208 Å². The summed E-state index contributed by atoms with van der Waals surface area (Å²) in [5.41, 5.74) is 1.13. The Bertz CT molecular complexity index is 1150. The van der Waals surface area contributed by atoms with E-state index in [9.17, 15) is 15.0 Å². The zero-order valence-electron chi connectivity index (χ0n) is 20.2. The zero-order chi connectivity index (χ0) is 24.9. The van der Waals surface area contributed by atoms with E-state index >= 15 is 0 Å². The van der Waals surface area contributed by atoms with E-state index in [0.717, 1.165) is 30.4 Å². The molecule has 0 radical (unpaired) electrons. The van der Waals surface area contributed by atoms with Gasteiger partial charge in [-0.2, -0.15) is 0 Å². The number of ether oxygens (including phenoxy) is 4. The molecule has 2 N–H and O–H groups in total. The van der Waals surface area contributed by atoms with E-state index in [1.807, 2.05) is 13.0 Å². The fraction of sp³-hybridized carbons (Fsp3) is 0.462. The van der Waals surface area contributed by atoms with E-state index in [4.69, 9.17) is 18.9 Å². The summed E-state index contributed by atoms with van der Waals surface area (Å²) in [6.45, 7) is 2.28. The average Bonchev–Trinajstić information content (AvgIpc) is 3.51. The standard InChI is InChI=1S/C26H31NO7S/c1-4-33-19-12-20(26(29)30)24-22(13-19)35-23(27-24)14-21(34-16-7-5-6-8-16)25(28)15-9-17(31-2)11-18(10-15)32-3/h9-13,16,21,25,28H,4-8,14H2,1-3H3,(H,29,30). The maximum atomic E-state index is 11.9. The molecule has 2 atom stereocenters. The number of aromatic nitrogens is 1. The number of aliphatic hydroxyl groups excluding tert-OH is 1. The molecule has 2 aromatic carbocycles. The lowest BCUT2D eigenvalue weighted by Gasteiger charge is -2.27. The van der Waals surface area contributed by atoms with Crippen LogP contribution >= 0.6 is 11.3 Å². The summed E-state index contributed by atoms with van der Waals surface area (Å²) in [5, 5.41) is 21.8. The van der Waals surface area contributed by atoms with E-state index in [0.29, 0.717) is 46.4 Å². The molecule has 1 aliphatic carbocycles. The number of carboxylic acids is 1. The van der Waals surface area contributed by atoms with Gasteiger partial charge in [0.25, 0.3) is 0 Å². The van der Waals surface area contributed by atoms with Gasteiger partial charge in [0.05, 0.1) is 53.8 Å². The van der Waals surface area contributed by atoms with Gasteiger partial charge in [-0.1, -0.05) is 12.8 Å². The molecule has 1 fully saturated rings. The van der Waals surface area contributed by atoms with E-state index in [1.165, 1.54) is 17.4 Å². The Hall–Kier alpha value is -2.88. The number of rotatable bonds is 11. The Morgan fingerprint density at radius 1 is 1.09 bits per heavy atom. The van der Waals surface area contributed by atoms with Crippen LogP contribution in [-0.2, 0) is 11.2 Å². The summed E-state index contributed by atoms with van der Waals surface area (Å²) in [6, 6.07) is 8.60. The highest BCUT2D eigenvalue weighted by molar-refractivity contribution is 7.18. The number of carboxylic acid groups (broad SMARTS) is 1. The van der Waals surface area contributed by atoms with Gasteiger partial charge in [-0.25, -0.2) is 9.78 Å². The Kier molecular flexibility index (Phi) is 8.10. The number of hydrogen-bond donors (Lipinski definition) is 2. The van der Waals surface area contributed by atoms with Crippen LogP contribution in [0, 0.1) is 0 Å². The first-order chi connectivity index (χ1) is 16.9. The monoisotopic (exact) mass is 501 g/mol. The van der Waals surface area contributed by atoms with Gasteiger partial charge in [0, 0.05) is 12.5 Å². The predicted molar refractivity (Wildman–Crippen MR) is 133 cm³/mol. The van der Waals surface area contributed by atoms with E-state index < -0.39 is 18.2 Å². The minimum Gasteiger partial charge on any atom is -0.497 e. The van der Waals surface area contributed by atoms with Gasteiger partial charge in [0.2, 0.25) is 0 Å². The SMILES string of the molecule is CCOc1cc(C(=O)O)c2nc(CC(OC3CCCC3)C(O)c3cc(OC)cc(OC)c3)sc2c1. The fourth-order valence-corrected chi connectivity index (χ4v) is 5.51. The van der Waals surface area contributed by atoms with Crippen LogP contribution in [-0.4, -0.2) is 54.2 Å². The minimum absolute atomic E-state index is 0.0654. The van der Waals surface area contributed by atoms with E-state index in [-0.39, 0.29) is 11.7 Å². The van der Waals surface area contributed by atoms with Crippen LogP contribution < -0.4 is 14.2 Å². The number of benzene rings is 2. The highest BCUT2D eigenvalue weighted by Crippen LogP contribution is 2.35. The number of nitrogens with zero attached hydrogens (tertiary/aromatic N) is 1. The van der Waals surface area contributed by atoms with Crippen LogP contribution in [0.2, 0.25) is 0 Å². The van der Waals surface area contributed by atoms with Crippen LogP contribution in [0.25, 0.3) is 10.2 Å². The Balaban J connectivity index is 1.68. The van der Waals surface area contributed by atoms with Crippen molar-refractivity contribution in [1.82, 2.24) is 4.98 Å². The Morgan fingerprint density at radius 2 is 1.77 bits per heavy atom. The topological polar surface area (TPSA) is 107 Å². The van der Waals surface area contributed by atoms with Crippen molar-refractivity contribution in [2.45, 2.75) is 57.3 Å². The van der Waals surface area contributed by atoms with Crippen molar-refractivity contribution in [3.8, 4) is 17.2 Å². The first kappa shape index (κ1) is 25.2. The number of fused-ring (bicyclic) bond motifs is 1. The van der Waals surface area contributed by atoms with Crippen LogP contribution in [0.1, 0.15) is 59.6 Å². The minimum atomic E-state index is -1.06. The summed E-state index contributed by atoms with van der Waals surface area (Å²) < 4.78 is 23.4. The Morgan fingerprint density at radius 3 is 2.37 bits per heavy atom. The van der Waals surface area contributed by atoms with Crippen LogP contribution in [0.15, 0.2) is 30.3 Å². The molecule has 0 bridgehead atoms. The van der Waals surface area contributed by atoms with Gasteiger partial charge < -0.3 is 29.2 Å². The predicted octanol–water partition coefficient (Wildman–Crippen LogP) is 5.01. The molecule has 1 saturated carbocycles. The zero-order valence-corrected chi connectivity index (χ0v) is 21.0. The summed E-state index contributed by atoms with van der Waals surface area (Å²) >= 11 is 1.39. The average molecular weight is 502 g/mol. The lowest BCUT2D eigenvalue weighted by molar-refractivity contribution is -0.0753. The van der Waals surface area contributed by atoms with Crippen molar-refractivity contribution in [3.63, 3.8) is 0 Å². The second-order valence-corrected chi connectivity index (χ2v) is 9.65. The molecule has 35 heavy (non-hydrogen) atoms. The lowest BCUT2D eigenvalue weighted by atomic mass is 10.0. The molecule has 188 valence electrons. The molecule has 9 heteroatoms. The second-order valence-electron chi connectivity index (χ2n) is 8.54. The van der Waals surface area contributed by atoms with Crippen molar-refractivity contribution >= 4 is 27.5 Å². The summed E-state index contributed by atoms with van der Waals surface area (Å²) in [5.74, 6) is 0.589.